The summed E-state index contributed by atoms with van der Waals surface area (Å²) in [5, 5.41) is 2.14. The number of pyridine rings is 1. The predicted molar refractivity (Wildman–Crippen MR) is 101 cm³/mol. The van der Waals surface area contributed by atoms with Gasteiger partial charge in [0.25, 0.3) is 11.5 Å². The van der Waals surface area contributed by atoms with E-state index in [-0.39, 0.29) is 22.8 Å². The zero-order chi connectivity index (χ0) is 21.2. The number of carbonyl (C=O) groups excluding carboxylic acids is 1. The molecule has 0 saturated heterocycles. The summed E-state index contributed by atoms with van der Waals surface area (Å²) >= 11 is 5.87. The van der Waals surface area contributed by atoms with Gasteiger partial charge in [-0.05, 0) is 48.0 Å². The number of rotatable bonds is 4. The smallest absolute Gasteiger partial charge is 0.320 e. The van der Waals surface area contributed by atoms with Crippen LogP contribution in [0.4, 0.5) is 23.2 Å². The summed E-state index contributed by atoms with van der Waals surface area (Å²) in [6, 6.07) is 10.7. The highest BCUT2D eigenvalue weighted by Crippen LogP contribution is 2.33. The number of hydrogen-bond donors (Lipinski definition) is 1. The number of alkyl halides is 3. The van der Waals surface area contributed by atoms with Gasteiger partial charge in [0.15, 0.2) is 0 Å². The molecule has 0 radical (unpaired) electrons. The number of amides is 1. The third-order valence-corrected chi connectivity index (χ3v) is 4.40. The average molecular weight is 425 g/mol. The van der Waals surface area contributed by atoms with Crippen molar-refractivity contribution in [3.8, 4) is 0 Å². The van der Waals surface area contributed by atoms with Crippen LogP contribution in [0.15, 0.2) is 65.6 Å². The molecule has 4 nitrogen and oxygen atoms in total. The minimum Gasteiger partial charge on any atom is -0.320 e. The summed E-state index contributed by atoms with van der Waals surface area (Å²) in [7, 11) is 0. The zero-order valence-corrected chi connectivity index (χ0v) is 15.4. The van der Waals surface area contributed by atoms with Crippen LogP contribution in [0.3, 0.4) is 0 Å². The first-order valence-electron chi connectivity index (χ1n) is 8.27. The van der Waals surface area contributed by atoms with E-state index in [2.05, 4.69) is 5.32 Å². The lowest BCUT2D eigenvalue weighted by molar-refractivity contribution is -0.137. The third kappa shape index (κ3) is 4.83. The lowest BCUT2D eigenvalue weighted by Gasteiger charge is -2.12. The van der Waals surface area contributed by atoms with E-state index < -0.39 is 29.0 Å². The number of nitrogens with zero attached hydrogens (tertiary/aromatic N) is 1. The molecular weight excluding hydrogens is 412 g/mol. The van der Waals surface area contributed by atoms with Crippen molar-refractivity contribution in [1.82, 2.24) is 4.57 Å². The molecule has 1 aromatic heterocycles. The van der Waals surface area contributed by atoms with Gasteiger partial charge in [-0.3, -0.25) is 9.59 Å². The highest BCUT2D eigenvalue weighted by atomic mass is 35.5. The van der Waals surface area contributed by atoms with Gasteiger partial charge in [0.05, 0.1) is 22.8 Å². The summed E-state index contributed by atoms with van der Waals surface area (Å²) in [4.78, 5) is 25.1. The van der Waals surface area contributed by atoms with Crippen molar-refractivity contribution in [3.05, 3.63) is 98.7 Å². The van der Waals surface area contributed by atoms with Gasteiger partial charge in [0.2, 0.25) is 0 Å². The normalized spacial score (nSPS) is 11.3. The molecule has 3 aromatic rings. The summed E-state index contributed by atoms with van der Waals surface area (Å²) in [5.74, 6) is -1.32. The van der Waals surface area contributed by atoms with E-state index in [0.717, 1.165) is 12.1 Å². The summed E-state index contributed by atoms with van der Waals surface area (Å²) in [5.41, 5.74) is -1.55. The molecule has 0 saturated carbocycles. The van der Waals surface area contributed by atoms with E-state index in [0.29, 0.717) is 11.6 Å². The van der Waals surface area contributed by atoms with E-state index >= 15 is 0 Å². The molecule has 0 spiro atoms. The molecule has 0 fully saturated rings. The van der Waals surface area contributed by atoms with E-state index in [4.69, 9.17) is 11.6 Å². The molecule has 0 bridgehead atoms. The molecule has 3 rings (SSSR count). The topological polar surface area (TPSA) is 51.1 Å². The fourth-order valence-electron chi connectivity index (χ4n) is 2.61. The molecule has 0 unspecified atom stereocenters. The van der Waals surface area contributed by atoms with Crippen molar-refractivity contribution in [2.45, 2.75) is 12.7 Å². The van der Waals surface area contributed by atoms with Crippen LogP contribution >= 0.6 is 11.6 Å². The molecule has 150 valence electrons. The highest BCUT2D eigenvalue weighted by Gasteiger charge is 2.31. The third-order valence-electron chi connectivity index (χ3n) is 4.07. The van der Waals surface area contributed by atoms with Gasteiger partial charge in [-0.25, -0.2) is 4.39 Å². The van der Waals surface area contributed by atoms with Crippen molar-refractivity contribution in [3.63, 3.8) is 0 Å². The lowest BCUT2D eigenvalue weighted by atomic mass is 10.1. The van der Waals surface area contributed by atoms with Crippen LogP contribution in [0.2, 0.25) is 5.02 Å². The average Bonchev–Trinajstić information content (AvgIpc) is 2.66. The Balaban J connectivity index is 1.87. The van der Waals surface area contributed by atoms with E-state index in [1.54, 1.807) is 0 Å². The van der Waals surface area contributed by atoms with E-state index in [1.165, 1.54) is 47.2 Å². The summed E-state index contributed by atoms with van der Waals surface area (Å²) < 4.78 is 52.9. The van der Waals surface area contributed by atoms with Gasteiger partial charge in [-0.15, -0.1) is 0 Å². The molecule has 1 heterocycles. The monoisotopic (exact) mass is 424 g/mol. The van der Waals surface area contributed by atoms with Crippen LogP contribution in [-0.2, 0) is 12.7 Å². The molecule has 0 aliphatic heterocycles. The number of carbonyl (C=O) groups is 1. The molecule has 1 N–H and O–H groups in total. The van der Waals surface area contributed by atoms with E-state index in [9.17, 15) is 27.2 Å². The fourth-order valence-corrected chi connectivity index (χ4v) is 2.77. The molecule has 29 heavy (non-hydrogen) atoms. The van der Waals surface area contributed by atoms with Gasteiger partial charge in [0, 0.05) is 6.20 Å². The molecule has 1 amide bonds. The second-order valence-electron chi connectivity index (χ2n) is 6.13. The Morgan fingerprint density at radius 2 is 1.76 bits per heavy atom. The van der Waals surface area contributed by atoms with Gasteiger partial charge in [0.1, 0.15) is 11.4 Å². The molecule has 0 atom stereocenters. The summed E-state index contributed by atoms with van der Waals surface area (Å²) in [6.07, 6.45) is -3.17. The first-order valence-corrected chi connectivity index (χ1v) is 8.65. The van der Waals surface area contributed by atoms with Crippen molar-refractivity contribution < 1.29 is 22.4 Å². The number of benzene rings is 2. The van der Waals surface area contributed by atoms with Crippen molar-refractivity contribution >= 4 is 23.2 Å². The Kier molecular flexibility index (Phi) is 5.74. The fraction of sp³-hybridized carbons (Fsp3) is 0.100. The number of nitrogens with one attached hydrogen (secondary N) is 1. The number of hydrogen-bond acceptors (Lipinski definition) is 2. The van der Waals surface area contributed by atoms with Crippen LogP contribution in [0.5, 0.6) is 0 Å². The first-order chi connectivity index (χ1) is 13.6. The highest BCUT2D eigenvalue weighted by molar-refractivity contribution is 6.34. The van der Waals surface area contributed by atoms with Crippen molar-refractivity contribution in [1.29, 1.82) is 0 Å². The van der Waals surface area contributed by atoms with Crippen molar-refractivity contribution in [2.24, 2.45) is 0 Å². The van der Waals surface area contributed by atoms with Crippen molar-refractivity contribution in [2.75, 3.05) is 5.32 Å². The maximum Gasteiger partial charge on any atom is 0.416 e. The van der Waals surface area contributed by atoms with Gasteiger partial charge in [-0.2, -0.15) is 13.2 Å². The zero-order valence-electron chi connectivity index (χ0n) is 14.6. The maximum atomic E-state index is 13.0. The van der Waals surface area contributed by atoms with Crippen LogP contribution in [-0.4, -0.2) is 10.5 Å². The molecule has 2 aromatic carbocycles. The first kappa shape index (κ1) is 20.6. The summed E-state index contributed by atoms with van der Waals surface area (Å²) in [6.45, 7) is 0.0878. The predicted octanol–water partition coefficient (Wildman–Crippen LogP) is 4.96. The number of aromatic nitrogens is 1. The van der Waals surface area contributed by atoms with Gasteiger partial charge in [-0.1, -0.05) is 23.7 Å². The second-order valence-corrected chi connectivity index (χ2v) is 6.54. The van der Waals surface area contributed by atoms with E-state index in [1.807, 2.05) is 0 Å². The Morgan fingerprint density at radius 3 is 2.41 bits per heavy atom. The SMILES string of the molecule is O=C(Nc1cc(C(F)(F)F)ccc1Cl)c1cccn(Cc2ccc(F)cc2)c1=O. The molecule has 0 aliphatic rings. The Morgan fingerprint density at radius 1 is 1.07 bits per heavy atom. The van der Waals surface area contributed by atoms with Crippen LogP contribution in [0.1, 0.15) is 21.5 Å². The number of halogens is 5. The van der Waals surface area contributed by atoms with Crippen LogP contribution in [0, 0.1) is 5.82 Å². The maximum absolute atomic E-state index is 13.0. The lowest BCUT2D eigenvalue weighted by Crippen LogP contribution is -2.29. The Bertz CT molecular complexity index is 1110. The van der Waals surface area contributed by atoms with Gasteiger partial charge < -0.3 is 9.88 Å². The van der Waals surface area contributed by atoms with Gasteiger partial charge >= 0.3 is 6.18 Å². The second kappa shape index (κ2) is 8.08. The Hall–Kier alpha value is -3.13. The number of anilines is 1. The van der Waals surface area contributed by atoms with Crippen LogP contribution in [0.25, 0.3) is 0 Å². The minimum atomic E-state index is -4.61. The Labute approximate surface area is 167 Å². The quantitative estimate of drug-likeness (QED) is 0.602. The largest absolute Gasteiger partial charge is 0.416 e. The molecule has 0 aliphatic carbocycles. The standard InChI is InChI=1S/C20H13ClF4N2O2/c21-16-8-5-13(20(23,24)25)10-17(16)26-18(28)15-2-1-9-27(19(15)29)11-12-3-6-14(22)7-4-12/h1-10H,11H2,(H,26,28). The minimum absolute atomic E-state index is 0.0878. The molecular formula is C20H13ClF4N2O2. The molecule has 9 heteroatoms. The van der Waals surface area contributed by atoms with Crippen LogP contribution < -0.4 is 10.9 Å².